The summed E-state index contributed by atoms with van der Waals surface area (Å²) in [6.45, 7) is 6.61. The van der Waals surface area contributed by atoms with Crippen LogP contribution in [0.4, 0.5) is 9.18 Å². The van der Waals surface area contributed by atoms with E-state index in [0.29, 0.717) is 25.9 Å². The molecular weight excluding hydrogens is 289 g/mol. The van der Waals surface area contributed by atoms with Crippen LogP contribution >= 0.6 is 15.9 Å². The van der Waals surface area contributed by atoms with E-state index in [-0.39, 0.29) is 17.8 Å². The highest BCUT2D eigenvalue weighted by Gasteiger charge is 2.28. The summed E-state index contributed by atoms with van der Waals surface area (Å²) in [6.07, 6.45) is 0.986. The molecule has 0 saturated carbocycles. The highest BCUT2D eigenvalue weighted by molar-refractivity contribution is 9.11. The third kappa shape index (κ3) is 4.66. The summed E-state index contributed by atoms with van der Waals surface area (Å²) in [5.41, 5.74) is -0.477. The fourth-order valence-electron chi connectivity index (χ4n) is 1.75. The van der Waals surface area contributed by atoms with Crippen molar-refractivity contribution in [2.75, 3.05) is 13.1 Å². The molecule has 5 heteroatoms. The van der Waals surface area contributed by atoms with Crippen LogP contribution in [0.2, 0.25) is 0 Å². The van der Waals surface area contributed by atoms with Crippen LogP contribution in [-0.4, -0.2) is 29.7 Å². The van der Waals surface area contributed by atoms with Crippen LogP contribution in [0, 0.1) is 5.92 Å². The first-order chi connectivity index (χ1) is 7.83. The van der Waals surface area contributed by atoms with Crippen molar-refractivity contribution in [1.82, 2.24) is 4.90 Å². The second-order valence-electron chi connectivity index (χ2n) is 5.24. The molecule has 0 spiro atoms. The molecule has 1 aliphatic rings. The Kier molecular flexibility index (Phi) is 4.98. The fraction of sp³-hybridized carbons (Fsp3) is 0.750. The molecule has 0 radical (unpaired) electrons. The van der Waals surface area contributed by atoms with Gasteiger partial charge in [0.2, 0.25) is 0 Å². The smallest absolute Gasteiger partial charge is 0.410 e. The molecule has 1 rings (SSSR count). The van der Waals surface area contributed by atoms with E-state index in [2.05, 4.69) is 15.9 Å². The highest BCUT2D eigenvalue weighted by atomic mass is 79.9. The number of allylic oxidation sites excluding steroid dienone is 1. The first-order valence-corrected chi connectivity index (χ1v) is 6.69. The predicted molar refractivity (Wildman–Crippen MR) is 68.6 cm³/mol. The van der Waals surface area contributed by atoms with Gasteiger partial charge in [-0.3, -0.25) is 0 Å². The summed E-state index contributed by atoms with van der Waals surface area (Å²) in [6, 6.07) is 0. The zero-order valence-corrected chi connectivity index (χ0v) is 12.1. The highest BCUT2D eigenvalue weighted by Crippen LogP contribution is 2.27. The number of hydrogen-bond donors (Lipinski definition) is 0. The van der Waals surface area contributed by atoms with Crippen LogP contribution in [0.15, 0.2) is 10.8 Å². The van der Waals surface area contributed by atoms with E-state index in [1.165, 1.54) is 4.99 Å². The van der Waals surface area contributed by atoms with Crippen molar-refractivity contribution < 1.29 is 13.9 Å². The van der Waals surface area contributed by atoms with Gasteiger partial charge in [-0.25, -0.2) is 9.18 Å². The minimum Gasteiger partial charge on any atom is -0.444 e. The lowest BCUT2D eigenvalue weighted by Crippen LogP contribution is -2.41. The molecule has 0 bridgehead atoms. The standard InChI is InChI=1S/C12H19BrFNO2/c1-12(2,3)17-11(16)15-6-4-9(5-7-15)10(14)8-13/h8-9H,4-7H2,1-3H3/b10-8-. The molecule has 0 aromatic rings. The summed E-state index contributed by atoms with van der Waals surface area (Å²) >= 11 is 2.99. The summed E-state index contributed by atoms with van der Waals surface area (Å²) in [5.74, 6) is -0.220. The van der Waals surface area contributed by atoms with Crippen molar-refractivity contribution in [2.24, 2.45) is 5.92 Å². The van der Waals surface area contributed by atoms with E-state index in [9.17, 15) is 9.18 Å². The van der Waals surface area contributed by atoms with Gasteiger partial charge in [-0.1, -0.05) is 15.9 Å². The third-order valence-electron chi connectivity index (χ3n) is 2.64. The van der Waals surface area contributed by atoms with Crippen LogP contribution in [0.25, 0.3) is 0 Å². The average Bonchev–Trinajstić information content (AvgIpc) is 2.26. The van der Waals surface area contributed by atoms with Gasteiger partial charge in [-0.15, -0.1) is 0 Å². The number of carbonyl (C=O) groups excluding carboxylic acids is 1. The monoisotopic (exact) mass is 307 g/mol. The molecule has 17 heavy (non-hydrogen) atoms. The van der Waals surface area contributed by atoms with E-state index in [4.69, 9.17) is 4.74 Å². The summed E-state index contributed by atoms with van der Waals surface area (Å²) < 4.78 is 18.6. The molecule has 1 aliphatic heterocycles. The van der Waals surface area contributed by atoms with Crippen molar-refractivity contribution >= 4 is 22.0 Å². The number of hydrogen-bond acceptors (Lipinski definition) is 2. The minimum absolute atomic E-state index is 0.0759. The average molecular weight is 308 g/mol. The molecule has 0 aromatic heterocycles. The maximum absolute atomic E-state index is 13.3. The molecule has 0 aliphatic carbocycles. The zero-order chi connectivity index (χ0) is 13.1. The number of rotatable bonds is 1. The van der Waals surface area contributed by atoms with E-state index < -0.39 is 5.60 Å². The lowest BCUT2D eigenvalue weighted by Gasteiger charge is -2.32. The first kappa shape index (κ1) is 14.5. The number of halogens is 2. The zero-order valence-electron chi connectivity index (χ0n) is 10.5. The van der Waals surface area contributed by atoms with E-state index in [1.807, 2.05) is 20.8 Å². The molecule has 1 fully saturated rings. The molecule has 0 atom stereocenters. The van der Waals surface area contributed by atoms with Gasteiger partial charge in [-0.2, -0.15) is 0 Å². The number of ether oxygens (including phenoxy) is 1. The number of nitrogens with zero attached hydrogens (tertiary/aromatic N) is 1. The molecule has 1 saturated heterocycles. The Hall–Kier alpha value is -0.580. The van der Waals surface area contributed by atoms with Gasteiger partial charge in [0.25, 0.3) is 0 Å². The topological polar surface area (TPSA) is 29.5 Å². The Morgan fingerprint density at radius 3 is 2.35 bits per heavy atom. The predicted octanol–water partition coefficient (Wildman–Crippen LogP) is 3.84. The molecule has 0 unspecified atom stereocenters. The van der Waals surface area contributed by atoms with Gasteiger partial charge in [0.1, 0.15) is 11.4 Å². The van der Waals surface area contributed by atoms with Crippen LogP contribution in [-0.2, 0) is 4.74 Å². The summed E-state index contributed by atoms with van der Waals surface area (Å²) in [5, 5.41) is 0. The number of likely N-dealkylation sites (tertiary alicyclic amines) is 1. The largest absolute Gasteiger partial charge is 0.444 e. The van der Waals surface area contributed by atoms with Crippen LogP contribution in [0.5, 0.6) is 0 Å². The Morgan fingerprint density at radius 1 is 1.41 bits per heavy atom. The quantitative estimate of drug-likeness (QED) is 0.736. The Labute approximate surface area is 110 Å². The van der Waals surface area contributed by atoms with Gasteiger partial charge in [0.05, 0.1) is 0 Å². The van der Waals surface area contributed by atoms with Crippen molar-refractivity contribution in [2.45, 2.75) is 39.2 Å². The molecule has 0 aromatic carbocycles. The lowest BCUT2D eigenvalue weighted by molar-refractivity contribution is 0.0188. The number of piperidine rings is 1. The van der Waals surface area contributed by atoms with E-state index in [0.717, 1.165) is 0 Å². The molecule has 0 N–H and O–H groups in total. The Morgan fingerprint density at radius 2 is 1.94 bits per heavy atom. The number of carbonyl (C=O) groups is 1. The lowest BCUT2D eigenvalue weighted by atomic mass is 9.96. The summed E-state index contributed by atoms with van der Waals surface area (Å²) in [7, 11) is 0. The fourth-order valence-corrected chi connectivity index (χ4v) is 2.13. The van der Waals surface area contributed by atoms with E-state index in [1.54, 1.807) is 4.90 Å². The SMILES string of the molecule is CC(C)(C)OC(=O)N1CCC(/C(F)=C/Br)CC1. The van der Waals surface area contributed by atoms with Gasteiger partial charge in [0, 0.05) is 24.0 Å². The number of amides is 1. The van der Waals surface area contributed by atoms with Crippen molar-refractivity contribution in [1.29, 1.82) is 0 Å². The molecule has 1 heterocycles. The molecule has 1 amide bonds. The third-order valence-corrected chi connectivity index (χ3v) is 3.08. The molecule has 3 nitrogen and oxygen atoms in total. The van der Waals surface area contributed by atoms with Crippen LogP contribution in [0.1, 0.15) is 33.6 Å². The normalized spacial score (nSPS) is 19.4. The van der Waals surface area contributed by atoms with Crippen molar-refractivity contribution in [3.05, 3.63) is 10.8 Å². The second-order valence-corrected chi connectivity index (χ2v) is 5.69. The van der Waals surface area contributed by atoms with Gasteiger partial charge < -0.3 is 9.64 Å². The Bertz CT molecular complexity index is 304. The van der Waals surface area contributed by atoms with Crippen LogP contribution in [0.3, 0.4) is 0 Å². The van der Waals surface area contributed by atoms with Crippen LogP contribution < -0.4 is 0 Å². The minimum atomic E-state index is -0.477. The maximum atomic E-state index is 13.3. The molecule has 98 valence electrons. The maximum Gasteiger partial charge on any atom is 0.410 e. The van der Waals surface area contributed by atoms with Crippen molar-refractivity contribution in [3.8, 4) is 0 Å². The van der Waals surface area contributed by atoms with E-state index >= 15 is 0 Å². The van der Waals surface area contributed by atoms with Gasteiger partial charge >= 0.3 is 6.09 Å². The van der Waals surface area contributed by atoms with Crippen molar-refractivity contribution in [3.63, 3.8) is 0 Å². The first-order valence-electron chi connectivity index (χ1n) is 5.77. The molecular formula is C12H19BrFNO2. The second kappa shape index (κ2) is 5.85. The van der Waals surface area contributed by atoms with Gasteiger partial charge in [0.15, 0.2) is 0 Å². The van der Waals surface area contributed by atoms with Gasteiger partial charge in [-0.05, 0) is 33.6 Å². The summed E-state index contributed by atoms with van der Waals surface area (Å²) in [4.78, 5) is 14.7. The Balaban J connectivity index is 2.44.